The van der Waals surface area contributed by atoms with Crippen molar-refractivity contribution in [2.45, 2.75) is 12.6 Å². The molecule has 7 nitrogen and oxygen atoms in total. The van der Waals surface area contributed by atoms with E-state index in [0.717, 1.165) is 5.56 Å². The van der Waals surface area contributed by atoms with E-state index in [4.69, 9.17) is 9.47 Å². The number of morpholine rings is 1. The van der Waals surface area contributed by atoms with Crippen molar-refractivity contribution in [1.29, 1.82) is 0 Å². The van der Waals surface area contributed by atoms with Gasteiger partial charge in [0.25, 0.3) is 5.56 Å². The molecule has 2 aromatic carbocycles. The minimum absolute atomic E-state index is 0.178. The van der Waals surface area contributed by atoms with Crippen molar-refractivity contribution < 1.29 is 18.7 Å². The Kier molecular flexibility index (Phi) is 5.37. The van der Waals surface area contributed by atoms with Crippen molar-refractivity contribution in [3.8, 4) is 0 Å². The van der Waals surface area contributed by atoms with Gasteiger partial charge in [0.15, 0.2) is 0 Å². The number of ether oxygens (including phenoxy) is 2. The Labute approximate surface area is 166 Å². The second-order valence-electron chi connectivity index (χ2n) is 6.88. The minimum atomic E-state index is -0.481. The van der Waals surface area contributed by atoms with Crippen LogP contribution in [0.25, 0.3) is 10.9 Å². The maximum absolute atomic E-state index is 13.2. The van der Waals surface area contributed by atoms with Crippen LogP contribution in [0.1, 0.15) is 27.8 Å². The quantitative estimate of drug-likeness (QED) is 0.681. The van der Waals surface area contributed by atoms with Crippen LogP contribution < -0.4 is 5.56 Å². The second kappa shape index (κ2) is 8.10. The Morgan fingerprint density at radius 1 is 1.31 bits per heavy atom. The van der Waals surface area contributed by atoms with Gasteiger partial charge in [-0.1, -0.05) is 12.1 Å². The minimum Gasteiger partial charge on any atom is -0.465 e. The molecular weight excluding hydrogens is 377 g/mol. The molecule has 150 valence electrons. The molecule has 1 aliphatic heterocycles. The van der Waals surface area contributed by atoms with E-state index in [-0.39, 0.29) is 17.5 Å². The molecule has 1 atom stereocenters. The number of aromatic amines is 1. The molecule has 29 heavy (non-hydrogen) atoms. The number of hydrogen-bond acceptors (Lipinski definition) is 6. The Balaban J connectivity index is 1.55. The van der Waals surface area contributed by atoms with Crippen LogP contribution in [0.4, 0.5) is 4.39 Å². The third kappa shape index (κ3) is 4.18. The van der Waals surface area contributed by atoms with E-state index in [0.29, 0.717) is 48.5 Å². The lowest BCUT2D eigenvalue weighted by Gasteiger charge is -2.32. The number of carbonyl (C=O) groups is 1. The van der Waals surface area contributed by atoms with Crippen molar-refractivity contribution in [3.63, 3.8) is 0 Å². The number of nitrogens with one attached hydrogen (secondary N) is 1. The zero-order valence-corrected chi connectivity index (χ0v) is 15.9. The summed E-state index contributed by atoms with van der Waals surface area (Å²) < 4.78 is 23.7. The highest BCUT2D eigenvalue weighted by atomic mass is 19.1. The second-order valence-corrected chi connectivity index (χ2v) is 6.88. The van der Waals surface area contributed by atoms with Gasteiger partial charge in [-0.2, -0.15) is 0 Å². The van der Waals surface area contributed by atoms with Crippen molar-refractivity contribution >= 4 is 16.9 Å². The van der Waals surface area contributed by atoms with Gasteiger partial charge >= 0.3 is 5.97 Å². The van der Waals surface area contributed by atoms with Crippen LogP contribution in [0.2, 0.25) is 0 Å². The van der Waals surface area contributed by atoms with Gasteiger partial charge in [-0.3, -0.25) is 9.69 Å². The Morgan fingerprint density at radius 2 is 2.10 bits per heavy atom. The van der Waals surface area contributed by atoms with E-state index in [9.17, 15) is 14.0 Å². The number of H-pyrrole nitrogens is 1. The van der Waals surface area contributed by atoms with Crippen molar-refractivity contribution in [2.24, 2.45) is 0 Å². The van der Waals surface area contributed by atoms with Gasteiger partial charge in [0.05, 0.1) is 42.8 Å². The first-order valence-corrected chi connectivity index (χ1v) is 9.24. The molecule has 1 aliphatic rings. The number of hydrogen-bond donors (Lipinski definition) is 1. The number of aromatic nitrogens is 2. The summed E-state index contributed by atoms with van der Waals surface area (Å²) in [5.41, 5.74) is 1.42. The highest BCUT2D eigenvalue weighted by Crippen LogP contribution is 2.23. The van der Waals surface area contributed by atoms with Gasteiger partial charge in [0.2, 0.25) is 0 Å². The Bertz CT molecular complexity index is 1100. The smallest absolute Gasteiger partial charge is 0.337 e. The molecule has 0 aliphatic carbocycles. The number of esters is 1. The van der Waals surface area contributed by atoms with Crippen LogP contribution in [0.3, 0.4) is 0 Å². The number of rotatable bonds is 4. The van der Waals surface area contributed by atoms with E-state index in [1.165, 1.54) is 19.2 Å². The van der Waals surface area contributed by atoms with Crippen LogP contribution in [-0.4, -0.2) is 47.6 Å². The van der Waals surface area contributed by atoms with E-state index in [1.807, 2.05) is 0 Å². The summed E-state index contributed by atoms with van der Waals surface area (Å²) in [4.78, 5) is 33.6. The molecule has 1 fully saturated rings. The van der Waals surface area contributed by atoms with Gasteiger partial charge in [-0.05, 0) is 35.9 Å². The number of methoxy groups -OCH3 is 1. The zero-order chi connectivity index (χ0) is 20.4. The van der Waals surface area contributed by atoms with E-state index >= 15 is 0 Å². The first-order chi connectivity index (χ1) is 14.0. The lowest BCUT2D eigenvalue weighted by Crippen LogP contribution is -2.38. The van der Waals surface area contributed by atoms with Crippen LogP contribution in [0, 0.1) is 5.82 Å². The molecule has 2 heterocycles. The average Bonchev–Trinajstić information content (AvgIpc) is 2.73. The van der Waals surface area contributed by atoms with E-state index in [2.05, 4.69) is 14.9 Å². The number of benzene rings is 2. The molecule has 0 radical (unpaired) electrons. The molecule has 1 saturated heterocycles. The Morgan fingerprint density at radius 3 is 2.86 bits per heavy atom. The largest absolute Gasteiger partial charge is 0.465 e. The predicted molar refractivity (Wildman–Crippen MR) is 104 cm³/mol. The molecule has 0 spiro atoms. The monoisotopic (exact) mass is 397 g/mol. The summed E-state index contributed by atoms with van der Waals surface area (Å²) in [7, 11) is 1.30. The van der Waals surface area contributed by atoms with Gasteiger partial charge in [-0.15, -0.1) is 0 Å². The average molecular weight is 397 g/mol. The van der Waals surface area contributed by atoms with Crippen LogP contribution in [0.15, 0.2) is 47.3 Å². The fourth-order valence-corrected chi connectivity index (χ4v) is 3.44. The zero-order valence-electron chi connectivity index (χ0n) is 15.9. The molecular formula is C21H20FN3O4. The number of fused-ring (bicyclic) bond motifs is 1. The summed E-state index contributed by atoms with van der Waals surface area (Å²) in [5.74, 6) is -0.263. The van der Waals surface area contributed by atoms with Crippen LogP contribution in [0.5, 0.6) is 0 Å². The lowest BCUT2D eigenvalue weighted by molar-refractivity contribution is -0.0336. The molecule has 0 saturated carbocycles. The molecule has 1 aromatic heterocycles. The molecule has 3 aromatic rings. The van der Waals surface area contributed by atoms with Crippen LogP contribution in [-0.2, 0) is 16.0 Å². The highest BCUT2D eigenvalue weighted by Gasteiger charge is 2.23. The van der Waals surface area contributed by atoms with Crippen molar-refractivity contribution in [1.82, 2.24) is 14.9 Å². The maximum Gasteiger partial charge on any atom is 0.337 e. The molecule has 4 rings (SSSR count). The first-order valence-electron chi connectivity index (χ1n) is 9.24. The third-order valence-corrected chi connectivity index (χ3v) is 4.94. The predicted octanol–water partition coefficient (Wildman–Crippen LogP) is 2.42. The topological polar surface area (TPSA) is 84.5 Å². The standard InChI is InChI=1S/C21H20FN3O4/c1-28-21(27)14-4-7-16-17(10-14)23-19(24-20(16)26)12-25-8-9-29-18(11-25)13-2-5-15(22)6-3-13/h2-7,10,18H,8-9,11-12H2,1H3,(H,23,24,26). The molecule has 8 heteroatoms. The van der Waals surface area contributed by atoms with Gasteiger partial charge in [0, 0.05) is 13.1 Å². The number of halogens is 1. The highest BCUT2D eigenvalue weighted by molar-refractivity contribution is 5.93. The van der Waals surface area contributed by atoms with Crippen LogP contribution >= 0.6 is 0 Å². The molecule has 0 bridgehead atoms. The van der Waals surface area contributed by atoms with Crippen molar-refractivity contribution in [2.75, 3.05) is 26.8 Å². The first kappa shape index (κ1) is 19.2. The van der Waals surface area contributed by atoms with Gasteiger partial charge in [0.1, 0.15) is 11.6 Å². The summed E-state index contributed by atoms with van der Waals surface area (Å²) in [5, 5.41) is 0.410. The Hall–Kier alpha value is -3.10. The molecule has 0 amide bonds. The summed E-state index contributed by atoms with van der Waals surface area (Å²) in [6.07, 6.45) is -0.178. The maximum atomic E-state index is 13.2. The van der Waals surface area contributed by atoms with Crippen molar-refractivity contribution in [3.05, 3.63) is 75.6 Å². The fourth-order valence-electron chi connectivity index (χ4n) is 3.44. The summed E-state index contributed by atoms with van der Waals surface area (Å²) >= 11 is 0. The fraction of sp³-hybridized carbons (Fsp3) is 0.286. The summed E-state index contributed by atoms with van der Waals surface area (Å²) in [6, 6.07) is 10.9. The normalized spacial score (nSPS) is 17.4. The molecule has 1 unspecified atom stereocenters. The number of carbonyl (C=O) groups excluding carboxylic acids is 1. The summed E-state index contributed by atoms with van der Waals surface area (Å²) in [6.45, 7) is 2.22. The van der Waals surface area contributed by atoms with Gasteiger partial charge < -0.3 is 14.5 Å². The van der Waals surface area contributed by atoms with Gasteiger partial charge in [-0.25, -0.2) is 14.2 Å². The van der Waals surface area contributed by atoms with E-state index in [1.54, 1.807) is 30.3 Å². The van der Waals surface area contributed by atoms with E-state index < -0.39 is 5.97 Å². The molecule has 1 N–H and O–H groups in total. The SMILES string of the molecule is COC(=O)c1ccc2c(=O)[nH]c(CN3CCOC(c4ccc(F)cc4)C3)nc2c1. The number of nitrogens with zero attached hydrogens (tertiary/aromatic N) is 2. The lowest BCUT2D eigenvalue weighted by atomic mass is 10.1. The third-order valence-electron chi connectivity index (χ3n) is 4.94.